The van der Waals surface area contributed by atoms with E-state index in [1.807, 2.05) is 18.2 Å². The van der Waals surface area contributed by atoms with Crippen molar-refractivity contribution in [2.45, 2.75) is 17.7 Å². The fourth-order valence-corrected chi connectivity index (χ4v) is 1.51. The van der Waals surface area contributed by atoms with Crippen molar-refractivity contribution in [3.05, 3.63) is 35.9 Å². The summed E-state index contributed by atoms with van der Waals surface area (Å²) < 4.78 is -0.0693. The van der Waals surface area contributed by atoms with Crippen LogP contribution in [0.5, 0.6) is 0 Å². The average molecular weight is 199 g/mol. The molecular weight excluding hydrogens is 186 g/mol. The Labute approximate surface area is 84.4 Å². The molecule has 0 heterocycles. The molecule has 0 bridgehead atoms. The van der Waals surface area contributed by atoms with Crippen LogP contribution in [0.4, 0.5) is 0 Å². The summed E-state index contributed by atoms with van der Waals surface area (Å²) in [4.78, 5) is 0. The third-order valence-electron chi connectivity index (χ3n) is 1.70. The second kappa shape index (κ2) is 4.80. The van der Waals surface area contributed by atoms with Crippen molar-refractivity contribution in [3.8, 4) is 0 Å². The van der Waals surface area contributed by atoms with Crippen LogP contribution in [-0.2, 0) is 0 Å². The third kappa shape index (κ3) is 3.09. The van der Waals surface area contributed by atoms with Crippen LogP contribution in [0.15, 0.2) is 30.3 Å². The molecule has 0 aromatic heterocycles. The van der Waals surface area contributed by atoms with Crippen LogP contribution in [0.3, 0.4) is 0 Å². The van der Waals surface area contributed by atoms with Crippen molar-refractivity contribution >= 4 is 25.3 Å². The van der Waals surface area contributed by atoms with Crippen LogP contribution in [0, 0.1) is 0 Å². The zero-order valence-corrected chi connectivity index (χ0v) is 8.72. The van der Waals surface area contributed by atoms with E-state index in [-0.39, 0.29) is 4.71 Å². The largest absolute Gasteiger partial charge is 0.291 e. The monoisotopic (exact) mass is 199 g/mol. The Bertz CT molecular complexity index is 223. The van der Waals surface area contributed by atoms with Gasteiger partial charge in [0.1, 0.15) is 0 Å². The first-order valence-corrected chi connectivity index (χ1v) is 4.90. The van der Waals surface area contributed by atoms with E-state index in [1.54, 1.807) is 0 Å². The molecule has 1 aromatic rings. The minimum Gasteiger partial charge on any atom is -0.291 e. The molecule has 0 spiro atoms. The molecule has 0 saturated carbocycles. The highest BCUT2D eigenvalue weighted by Crippen LogP contribution is 2.13. The normalized spacial score (nSPS) is 13.3. The van der Waals surface area contributed by atoms with Crippen LogP contribution >= 0.6 is 25.3 Å². The molecule has 1 atom stereocenters. The summed E-state index contributed by atoms with van der Waals surface area (Å²) in [6, 6.07) is 10.5. The Balaban J connectivity index is 2.59. The third-order valence-corrected chi connectivity index (χ3v) is 2.00. The number of hydrogen-bond acceptors (Lipinski definition) is 3. The van der Waals surface area contributed by atoms with E-state index in [2.05, 4.69) is 49.6 Å². The zero-order chi connectivity index (χ0) is 8.97. The van der Waals surface area contributed by atoms with Gasteiger partial charge in [0.25, 0.3) is 0 Å². The fourth-order valence-electron chi connectivity index (χ4n) is 1.06. The van der Waals surface area contributed by atoms with Crippen LogP contribution in [0.2, 0.25) is 0 Å². The molecule has 0 aliphatic heterocycles. The molecule has 1 nitrogen and oxygen atoms in total. The Morgan fingerprint density at radius 2 is 1.75 bits per heavy atom. The van der Waals surface area contributed by atoms with E-state index < -0.39 is 0 Å². The van der Waals surface area contributed by atoms with Crippen molar-refractivity contribution in [2.24, 2.45) is 0 Å². The summed E-state index contributed by atoms with van der Waals surface area (Å²) in [6.07, 6.45) is 0. The second-order valence-electron chi connectivity index (χ2n) is 2.67. The molecule has 0 aliphatic rings. The van der Waals surface area contributed by atoms with Gasteiger partial charge in [-0.15, -0.1) is 25.3 Å². The van der Waals surface area contributed by atoms with E-state index in [0.717, 1.165) is 0 Å². The van der Waals surface area contributed by atoms with Crippen molar-refractivity contribution in [1.29, 1.82) is 0 Å². The predicted octanol–water partition coefficient (Wildman–Crippen LogP) is 2.48. The van der Waals surface area contributed by atoms with Gasteiger partial charge in [-0.1, -0.05) is 30.3 Å². The van der Waals surface area contributed by atoms with E-state index in [9.17, 15) is 0 Å². The summed E-state index contributed by atoms with van der Waals surface area (Å²) >= 11 is 8.28. The van der Waals surface area contributed by atoms with Gasteiger partial charge in [-0.3, -0.25) is 5.32 Å². The van der Waals surface area contributed by atoms with Gasteiger partial charge >= 0.3 is 0 Å². The van der Waals surface area contributed by atoms with E-state index >= 15 is 0 Å². The lowest BCUT2D eigenvalue weighted by Crippen LogP contribution is -2.22. The highest BCUT2D eigenvalue weighted by Gasteiger charge is 2.05. The fraction of sp³-hybridized carbons (Fsp3) is 0.333. The van der Waals surface area contributed by atoms with Gasteiger partial charge in [0.05, 0.1) is 4.71 Å². The lowest BCUT2D eigenvalue weighted by atomic mass is 10.1. The maximum Gasteiger partial charge on any atom is 0.0949 e. The standard InChI is InChI=1S/C9H13NS2/c1-7(10-9(11)12)8-5-3-2-4-6-8/h2-7,9-12H,1H3. The molecule has 1 unspecified atom stereocenters. The van der Waals surface area contributed by atoms with Gasteiger partial charge < -0.3 is 0 Å². The summed E-state index contributed by atoms with van der Waals surface area (Å²) in [5.41, 5.74) is 1.26. The van der Waals surface area contributed by atoms with Gasteiger partial charge in [0.2, 0.25) is 0 Å². The van der Waals surface area contributed by atoms with Gasteiger partial charge in [-0.2, -0.15) is 0 Å². The molecule has 12 heavy (non-hydrogen) atoms. The minimum atomic E-state index is -0.0693. The topological polar surface area (TPSA) is 12.0 Å². The van der Waals surface area contributed by atoms with Gasteiger partial charge in [-0.25, -0.2) is 0 Å². The maximum atomic E-state index is 4.14. The summed E-state index contributed by atoms with van der Waals surface area (Å²) in [5.74, 6) is 0. The minimum absolute atomic E-state index is 0.0693. The van der Waals surface area contributed by atoms with E-state index in [4.69, 9.17) is 0 Å². The highest BCUT2D eigenvalue weighted by atomic mass is 32.2. The Morgan fingerprint density at radius 1 is 1.17 bits per heavy atom. The zero-order valence-electron chi connectivity index (χ0n) is 6.94. The van der Waals surface area contributed by atoms with Crippen LogP contribution in [0.25, 0.3) is 0 Å². The lowest BCUT2D eigenvalue weighted by Gasteiger charge is -2.15. The SMILES string of the molecule is CC(NC(S)S)c1ccccc1. The second-order valence-corrected chi connectivity index (χ2v) is 4.11. The van der Waals surface area contributed by atoms with E-state index in [0.29, 0.717) is 6.04 Å². The van der Waals surface area contributed by atoms with Crippen molar-refractivity contribution < 1.29 is 0 Å². The molecule has 0 amide bonds. The molecule has 0 fully saturated rings. The van der Waals surface area contributed by atoms with Crippen molar-refractivity contribution in [3.63, 3.8) is 0 Å². The van der Waals surface area contributed by atoms with Gasteiger partial charge in [0, 0.05) is 6.04 Å². The van der Waals surface area contributed by atoms with Crippen molar-refractivity contribution in [2.75, 3.05) is 0 Å². The first-order valence-electron chi connectivity index (χ1n) is 3.87. The van der Waals surface area contributed by atoms with Crippen LogP contribution in [0.1, 0.15) is 18.5 Å². The Hall–Kier alpha value is -0.120. The molecule has 66 valence electrons. The Morgan fingerprint density at radius 3 is 2.25 bits per heavy atom. The lowest BCUT2D eigenvalue weighted by molar-refractivity contribution is 0.624. The van der Waals surface area contributed by atoms with Gasteiger partial charge in [0.15, 0.2) is 0 Å². The molecule has 3 heteroatoms. The number of rotatable bonds is 3. The molecule has 1 aromatic carbocycles. The molecule has 0 radical (unpaired) electrons. The number of nitrogens with one attached hydrogen (secondary N) is 1. The Kier molecular flexibility index (Phi) is 3.98. The molecule has 0 aliphatic carbocycles. The molecule has 1 N–H and O–H groups in total. The van der Waals surface area contributed by atoms with E-state index in [1.165, 1.54) is 5.56 Å². The predicted molar refractivity (Wildman–Crippen MR) is 59.8 cm³/mol. The number of thiol groups is 2. The quantitative estimate of drug-likeness (QED) is 0.502. The maximum absolute atomic E-state index is 4.14. The average Bonchev–Trinajstić information content (AvgIpc) is 2.05. The molecule has 0 saturated heterocycles. The number of benzene rings is 1. The summed E-state index contributed by atoms with van der Waals surface area (Å²) in [7, 11) is 0. The first-order chi connectivity index (χ1) is 5.70. The molecule has 1 rings (SSSR count). The highest BCUT2D eigenvalue weighted by molar-refractivity contribution is 7.99. The molecular formula is C9H13NS2. The van der Waals surface area contributed by atoms with Crippen molar-refractivity contribution in [1.82, 2.24) is 5.32 Å². The first kappa shape index (κ1) is 9.96. The summed E-state index contributed by atoms with van der Waals surface area (Å²) in [5, 5.41) is 3.19. The van der Waals surface area contributed by atoms with Crippen LogP contribution < -0.4 is 5.32 Å². The smallest absolute Gasteiger partial charge is 0.0949 e. The van der Waals surface area contributed by atoms with Crippen LogP contribution in [-0.4, -0.2) is 4.71 Å². The number of hydrogen-bond donors (Lipinski definition) is 3. The summed E-state index contributed by atoms with van der Waals surface area (Å²) in [6.45, 7) is 2.09. The van der Waals surface area contributed by atoms with Gasteiger partial charge in [-0.05, 0) is 12.5 Å².